The smallest absolute Gasteiger partial charge is 0.128 e. The molecule has 0 aliphatic heterocycles. The minimum atomic E-state index is 0.817. The molecule has 2 rings (SSSR count). The zero-order valence-corrected chi connectivity index (χ0v) is 13.1. The minimum Gasteiger partial charge on any atom is -0.457 e. The van der Waals surface area contributed by atoms with Gasteiger partial charge in [-0.1, -0.05) is 44.0 Å². The fourth-order valence-electron chi connectivity index (χ4n) is 1.59. The largest absolute Gasteiger partial charge is 0.457 e. The molecule has 0 saturated heterocycles. The van der Waals surface area contributed by atoms with Crippen LogP contribution in [-0.4, -0.2) is 7.05 Å². The second kappa shape index (κ2) is 6.36. The molecule has 1 N–H and O–H groups in total. The van der Waals surface area contributed by atoms with Gasteiger partial charge in [0.1, 0.15) is 11.5 Å². The monoisotopic (exact) mass is 369 g/mol. The highest BCUT2D eigenvalue weighted by Gasteiger charge is 2.03. The highest BCUT2D eigenvalue weighted by atomic mass is 79.9. The molecule has 0 aliphatic rings. The van der Waals surface area contributed by atoms with Crippen LogP contribution in [0.4, 0.5) is 0 Å². The second-order valence-electron chi connectivity index (χ2n) is 3.84. The van der Waals surface area contributed by atoms with Crippen LogP contribution in [0.15, 0.2) is 51.4 Å². The zero-order valence-electron chi connectivity index (χ0n) is 9.91. The predicted octanol–water partition coefficient (Wildman–Crippen LogP) is 4.72. The van der Waals surface area contributed by atoms with E-state index in [2.05, 4.69) is 37.2 Å². The molecular weight excluding hydrogens is 358 g/mol. The number of benzene rings is 2. The molecule has 0 aliphatic carbocycles. The first-order valence-corrected chi connectivity index (χ1v) is 7.14. The van der Waals surface area contributed by atoms with Gasteiger partial charge in [-0.05, 0) is 42.9 Å². The van der Waals surface area contributed by atoms with E-state index in [0.717, 1.165) is 27.0 Å². The van der Waals surface area contributed by atoms with Crippen LogP contribution < -0.4 is 10.1 Å². The lowest BCUT2D eigenvalue weighted by molar-refractivity contribution is 0.481. The predicted molar refractivity (Wildman–Crippen MR) is 81.1 cm³/mol. The molecule has 0 radical (unpaired) electrons. The van der Waals surface area contributed by atoms with Crippen LogP contribution in [0.5, 0.6) is 11.5 Å². The van der Waals surface area contributed by atoms with Crippen molar-refractivity contribution in [3.63, 3.8) is 0 Å². The van der Waals surface area contributed by atoms with Crippen LogP contribution in [0.3, 0.4) is 0 Å². The number of rotatable bonds is 4. The molecule has 2 aromatic rings. The molecule has 4 heteroatoms. The number of hydrogen-bond donors (Lipinski definition) is 1. The summed E-state index contributed by atoms with van der Waals surface area (Å²) in [6.45, 7) is 0.831. The van der Waals surface area contributed by atoms with Crippen molar-refractivity contribution < 1.29 is 4.74 Å². The quantitative estimate of drug-likeness (QED) is 0.840. The first kappa shape index (κ1) is 13.6. The van der Waals surface area contributed by atoms with E-state index in [1.165, 1.54) is 5.56 Å². The van der Waals surface area contributed by atoms with Gasteiger partial charge in [0.2, 0.25) is 0 Å². The third kappa shape index (κ3) is 3.57. The van der Waals surface area contributed by atoms with E-state index in [-0.39, 0.29) is 0 Å². The summed E-state index contributed by atoms with van der Waals surface area (Å²) in [7, 11) is 1.93. The number of halogens is 2. The Labute approximate surface area is 124 Å². The lowest BCUT2D eigenvalue weighted by Gasteiger charge is -2.09. The molecule has 0 amide bonds. The van der Waals surface area contributed by atoms with Crippen molar-refractivity contribution in [2.24, 2.45) is 0 Å². The van der Waals surface area contributed by atoms with E-state index >= 15 is 0 Å². The van der Waals surface area contributed by atoms with Crippen LogP contribution in [0.2, 0.25) is 0 Å². The fraction of sp³-hybridized carbons (Fsp3) is 0.143. The van der Waals surface area contributed by atoms with Crippen LogP contribution in [0.25, 0.3) is 0 Å². The number of hydrogen-bond acceptors (Lipinski definition) is 2. The van der Waals surface area contributed by atoms with Crippen molar-refractivity contribution in [3.05, 3.63) is 57.0 Å². The summed E-state index contributed by atoms with van der Waals surface area (Å²) in [6.07, 6.45) is 0. The van der Waals surface area contributed by atoms with E-state index in [4.69, 9.17) is 4.74 Å². The Hall–Kier alpha value is -0.840. The van der Waals surface area contributed by atoms with Gasteiger partial charge < -0.3 is 10.1 Å². The molecular formula is C14H13Br2NO. The highest BCUT2D eigenvalue weighted by molar-refractivity contribution is 9.10. The average molecular weight is 371 g/mol. The van der Waals surface area contributed by atoms with E-state index in [9.17, 15) is 0 Å². The summed E-state index contributed by atoms with van der Waals surface area (Å²) < 4.78 is 7.84. The van der Waals surface area contributed by atoms with Gasteiger partial charge in [0, 0.05) is 15.5 Å². The van der Waals surface area contributed by atoms with E-state index in [1.807, 2.05) is 49.5 Å². The van der Waals surface area contributed by atoms with Gasteiger partial charge in [-0.2, -0.15) is 0 Å². The summed E-state index contributed by atoms with van der Waals surface area (Å²) in [5.74, 6) is 1.64. The Morgan fingerprint density at radius 2 is 1.83 bits per heavy atom. The molecule has 94 valence electrons. The lowest BCUT2D eigenvalue weighted by Crippen LogP contribution is -2.05. The molecule has 2 nitrogen and oxygen atoms in total. The summed E-state index contributed by atoms with van der Waals surface area (Å²) in [6, 6.07) is 13.8. The third-order valence-electron chi connectivity index (χ3n) is 2.42. The molecule has 18 heavy (non-hydrogen) atoms. The Kier molecular flexibility index (Phi) is 4.80. The highest BCUT2D eigenvalue weighted by Crippen LogP contribution is 2.28. The van der Waals surface area contributed by atoms with Crippen LogP contribution >= 0.6 is 31.9 Å². The van der Waals surface area contributed by atoms with Gasteiger partial charge in [-0.3, -0.25) is 0 Å². The molecule has 0 heterocycles. The normalized spacial score (nSPS) is 10.4. The summed E-state index contributed by atoms with van der Waals surface area (Å²) in [5, 5.41) is 3.12. The van der Waals surface area contributed by atoms with Gasteiger partial charge in [0.15, 0.2) is 0 Å². The third-order valence-corrected chi connectivity index (χ3v) is 3.65. The van der Waals surface area contributed by atoms with Crippen molar-refractivity contribution in [1.29, 1.82) is 0 Å². The maximum absolute atomic E-state index is 5.79. The first-order chi connectivity index (χ1) is 8.69. The minimum absolute atomic E-state index is 0.817. The number of ether oxygens (including phenoxy) is 1. The molecule has 0 unspecified atom stereocenters. The van der Waals surface area contributed by atoms with E-state index in [0.29, 0.717) is 0 Å². The summed E-state index contributed by atoms with van der Waals surface area (Å²) >= 11 is 6.97. The van der Waals surface area contributed by atoms with Gasteiger partial charge in [0.05, 0.1) is 0 Å². The van der Waals surface area contributed by atoms with Crippen LogP contribution in [0, 0.1) is 0 Å². The van der Waals surface area contributed by atoms with Crippen molar-refractivity contribution in [3.8, 4) is 11.5 Å². The molecule has 0 bridgehead atoms. The summed E-state index contributed by atoms with van der Waals surface area (Å²) in [4.78, 5) is 0. The second-order valence-corrected chi connectivity index (χ2v) is 5.61. The molecule has 0 atom stereocenters. The van der Waals surface area contributed by atoms with Gasteiger partial charge in [0.25, 0.3) is 0 Å². The van der Waals surface area contributed by atoms with E-state index in [1.54, 1.807) is 0 Å². The maximum Gasteiger partial charge on any atom is 0.128 e. The fourth-order valence-corrected chi connectivity index (χ4v) is 2.47. The lowest BCUT2D eigenvalue weighted by atomic mass is 10.2. The SMILES string of the molecule is CNCc1ccc(Oc2cccc(Br)c2)cc1Br. The van der Waals surface area contributed by atoms with Crippen molar-refractivity contribution >= 4 is 31.9 Å². The Balaban J connectivity index is 2.17. The first-order valence-electron chi connectivity index (χ1n) is 5.55. The van der Waals surface area contributed by atoms with Crippen molar-refractivity contribution in [2.75, 3.05) is 7.05 Å². The molecule has 2 aromatic carbocycles. The average Bonchev–Trinajstić information content (AvgIpc) is 2.33. The Bertz CT molecular complexity index is 543. The Morgan fingerprint density at radius 1 is 1.06 bits per heavy atom. The Morgan fingerprint density at radius 3 is 2.50 bits per heavy atom. The van der Waals surface area contributed by atoms with Gasteiger partial charge in [-0.25, -0.2) is 0 Å². The van der Waals surface area contributed by atoms with Crippen molar-refractivity contribution in [2.45, 2.75) is 6.54 Å². The van der Waals surface area contributed by atoms with Gasteiger partial charge >= 0.3 is 0 Å². The maximum atomic E-state index is 5.79. The molecule has 0 saturated carbocycles. The van der Waals surface area contributed by atoms with Gasteiger partial charge in [-0.15, -0.1) is 0 Å². The summed E-state index contributed by atoms with van der Waals surface area (Å²) in [5.41, 5.74) is 1.21. The molecule has 0 spiro atoms. The number of nitrogens with one attached hydrogen (secondary N) is 1. The standard InChI is InChI=1S/C14H13Br2NO/c1-17-9-10-5-6-13(8-14(10)16)18-12-4-2-3-11(15)7-12/h2-8,17H,9H2,1H3. The van der Waals surface area contributed by atoms with Crippen LogP contribution in [-0.2, 0) is 6.54 Å². The van der Waals surface area contributed by atoms with E-state index < -0.39 is 0 Å². The topological polar surface area (TPSA) is 21.3 Å². The van der Waals surface area contributed by atoms with Crippen molar-refractivity contribution in [1.82, 2.24) is 5.32 Å². The molecule has 0 aromatic heterocycles. The zero-order chi connectivity index (χ0) is 13.0. The molecule has 0 fully saturated rings. The van der Waals surface area contributed by atoms with Crippen LogP contribution in [0.1, 0.15) is 5.56 Å².